The number of aryl methyl sites for hydroxylation is 1. The number of morpholine rings is 1. The standard InChI is InChI=1S/C28H26N2O3/c1-18-10-11-19(14-29-18)20-12-21-15-32-16-22(13-20)30(21)28(31)33-17-27-25-8-4-2-6-23(25)24-7-3-5-9-26(24)27/h2-12,14,21-22,27H,13,15-17H2,1H3. The van der Waals surface area contributed by atoms with E-state index in [0.717, 1.165) is 17.7 Å². The Kier molecular flexibility index (Phi) is 4.99. The van der Waals surface area contributed by atoms with Crippen molar-refractivity contribution in [1.82, 2.24) is 9.88 Å². The third kappa shape index (κ3) is 3.53. The van der Waals surface area contributed by atoms with Gasteiger partial charge in [-0.3, -0.25) is 9.88 Å². The smallest absolute Gasteiger partial charge is 0.410 e. The van der Waals surface area contributed by atoms with Crippen LogP contribution in [0.1, 0.15) is 34.7 Å². The quantitative estimate of drug-likeness (QED) is 0.564. The normalized spacial score (nSPS) is 21.2. The van der Waals surface area contributed by atoms with Crippen LogP contribution in [0.2, 0.25) is 0 Å². The third-order valence-electron chi connectivity index (χ3n) is 7.03. The fourth-order valence-electron chi connectivity index (χ4n) is 5.42. The van der Waals surface area contributed by atoms with Gasteiger partial charge in [0.2, 0.25) is 0 Å². The van der Waals surface area contributed by atoms with Crippen molar-refractivity contribution in [3.63, 3.8) is 0 Å². The fraction of sp³-hybridized carbons (Fsp3) is 0.286. The lowest BCUT2D eigenvalue weighted by Crippen LogP contribution is -2.56. The number of aromatic nitrogens is 1. The molecule has 0 saturated carbocycles. The Morgan fingerprint density at radius 2 is 1.76 bits per heavy atom. The maximum atomic E-state index is 13.3. The summed E-state index contributed by atoms with van der Waals surface area (Å²) in [4.78, 5) is 19.6. The van der Waals surface area contributed by atoms with Gasteiger partial charge in [0.1, 0.15) is 6.61 Å². The zero-order chi connectivity index (χ0) is 22.4. The number of pyridine rings is 1. The molecule has 166 valence electrons. The molecule has 0 radical (unpaired) electrons. The molecule has 5 nitrogen and oxygen atoms in total. The van der Waals surface area contributed by atoms with Crippen molar-refractivity contribution < 1.29 is 14.3 Å². The summed E-state index contributed by atoms with van der Waals surface area (Å²) in [6, 6.07) is 20.8. The van der Waals surface area contributed by atoms with Crippen molar-refractivity contribution in [2.45, 2.75) is 31.3 Å². The Labute approximate surface area is 193 Å². The van der Waals surface area contributed by atoms with Crippen LogP contribution >= 0.6 is 0 Å². The highest BCUT2D eigenvalue weighted by Gasteiger charge is 2.40. The van der Waals surface area contributed by atoms with Gasteiger partial charge in [0.05, 0.1) is 25.3 Å². The second-order valence-corrected chi connectivity index (χ2v) is 9.05. The van der Waals surface area contributed by atoms with E-state index in [9.17, 15) is 4.79 Å². The molecule has 33 heavy (non-hydrogen) atoms. The molecule has 2 atom stereocenters. The first kappa shape index (κ1) is 20.2. The van der Waals surface area contributed by atoms with Gasteiger partial charge in [-0.25, -0.2) is 4.79 Å². The number of carbonyl (C=O) groups excluding carboxylic acids is 1. The van der Waals surface area contributed by atoms with Crippen LogP contribution in [-0.2, 0) is 9.47 Å². The van der Waals surface area contributed by atoms with Gasteiger partial charge in [-0.15, -0.1) is 0 Å². The van der Waals surface area contributed by atoms with Crippen LogP contribution in [0.3, 0.4) is 0 Å². The summed E-state index contributed by atoms with van der Waals surface area (Å²) < 4.78 is 11.7. The molecule has 2 unspecified atom stereocenters. The molecular formula is C28H26N2O3. The lowest BCUT2D eigenvalue weighted by Gasteiger charge is -2.43. The minimum absolute atomic E-state index is 0.0271. The Morgan fingerprint density at radius 1 is 1.03 bits per heavy atom. The second-order valence-electron chi connectivity index (χ2n) is 9.05. The number of carbonyl (C=O) groups is 1. The first-order chi connectivity index (χ1) is 16.2. The number of amides is 1. The predicted octanol–water partition coefficient (Wildman–Crippen LogP) is 5.20. The minimum atomic E-state index is -0.257. The van der Waals surface area contributed by atoms with E-state index in [1.165, 1.54) is 27.8 Å². The van der Waals surface area contributed by atoms with E-state index in [-0.39, 0.29) is 24.1 Å². The molecule has 1 aromatic heterocycles. The summed E-state index contributed by atoms with van der Waals surface area (Å²) in [5, 5.41) is 0. The van der Waals surface area contributed by atoms with Crippen LogP contribution in [0.15, 0.2) is 72.9 Å². The van der Waals surface area contributed by atoms with E-state index in [0.29, 0.717) is 19.8 Å². The summed E-state index contributed by atoms with van der Waals surface area (Å²) in [6.45, 7) is 3.34. The molecule has 2 aromatic carbocycles. The van der Waals surface area contributed by atoms with Crippen LogP contribution in [-0.4, -0.2) is 47.9 Å². The van der Waals surface area contributed by atoms with E-state index in [2.05, 4.69) is 65.7 Å². The average Bonchev–Trinajstić information content (AvgIpc) is 3.16. The van der Waals surface area contributed by atoms with Gasteiger partial charge in [0, 0.05) is 17.8 Å². The highest BCUT2D eigenvalue weighted by atomic mass is 16.6. The Morgan fingerprint density at radius 3 is 2.42 bits per heavy atom. The molecule has 0 N–H and O–H groups in total. The Hall–Kier alpha value is -3.44. The van der Waals surface area contributed by atoms with Crippen molar-refractivity contribution in [2.75, 3.05) is 19.8 Å². The lowest BCUT2D eigenvalue weighted by molar-refractivity contribution is -0.0331. The second kappa shape index (κ2) is 8.16. The Balaban J connectivity index is 1.22. The van der Waals surface area contributed by atoms with Crippen LogP contribution in [0.25, 0.3) is 16.7 Å². The van der Waals surface area contributed by atoms with Crippen LogP contribution < -0.4 is 0 Å². The molecule has 6 rings (SSSR count). The van der Waals surface area contributed by atoms with Gasteiger partial charge in [0.15, 0.2) is 0 Å². The molecule has 1 saturated heterocycles. The summed E-state index contributed by atoms with van der Waals surface area (Å²) >= 11 is 0. The van der Waals surface area contributed by atoms with Crippen LogP contribution in [0.5, 0.6) is 0 Å². The van der Waals surface area contributed by atoms with Crippen molar-refractivity contribution >= 4 is 11.7 Å². The molecule has 5 heteroatoms. The molecule has 2 bridgehead atoms. The molecule has 0 spiro atoms. The molecular weight excluding hydrogens is 412 g/mol. The largest absolute Gasteiger partial charge is 0.448 e. The molecule has 3 aromatic rings. The number of benzene rings is 2. The van der Waals surface area contributed by atoms with Gasteiger partial charge in [-0.2, -0.15) is 0 Å². The molecule has 1 fully saturated rings. The van der Waals surface area contributed by atoms with Crippen LogP contribution in [0.4, 0.5) is 4.79 Å². The number of hydrogen-bond acceptors (Lipinski definition) is 4. The first-order valence-corrected chi connectivity index (χ1v) is 11.5. The zero-order valence-corrected chi connectivity index (χ0v) is 18.6. The van der Waals surface area contributed by atoms with Crippen molar-refractivity contribution in [3.05, 3.63) is 95.3 Å². The lowest BCUT2D eigenvalue weighted by atomic mass is 9.91. The number of hydrogen-bond donors (Lipinski definition) is 0. The molecule has 3 heterocycles. The number of ether oxygens (including phenoxy) is 2. The van der Waals surface area contributed by atoms with E-state index < -0.39 is 0 Å². The first-order valence-electron chi connectivity index (χ1n) is 11.5. The molecule has 1 aliphatic carbocycles. The minimum Gasteiger partial charge on any atom is -0.448 e. The summed E-state index contributed by atoms with van der Waals surface area (Å²) in [5.74, 6) is 0.0620. The summed E-state index contributed by atoms with van der Waals surface area (Å²) in [6.07, 6.45) is 4.54. The third-order valence-corrected chi connectivity index (χ3v) is 7.03. The van der Waals surface area contributed by atoms with Gasteiger partial charge in [-0.1, -0.05) is 60.7 Å². The fourth-order valence-corrected chi connectivity index (χ4v) is 5.42. The summed E-state index contributed by atoms with van der Waals surface area (Å²) in [7, 11) is 0. The number of nitrogens with zero attached hydrogens (tertiary/aromatic N) is 2. The highest BCUT2D eigenvalue weighted by molar-refractivity contribution is 5.79. The maximum absolute atomic E-state index is 13.3. The van der Waals surface area contributed by atoms with Gasteiger partial charge < -0.3 is 9.47 Å². The number of rotatable bonds is 3. The maximum Gasteiger partial charge on any atom is 0.410 e. The van der Waals surface area contributed by atoms with Gasteiger partial charge >= 0.3 is 6.09 Å². The van der Waals surface area contributed by atoms with E-state index >= 15 is 0 Å². The monoisotopic (exact) mass is 438 g/mol. The van der Waals surface area contributed by atoms with E-state index in [1.54, 1.807) is 0 Å². The Bertz CT molecular complexity index is 1190. The predicted molar refractivity (Wildman–Crippen MR) is 127 cm³/mol. The average molecular weight is 439 g/mol. The molecule has 3 aliphatic rings. The zero-order valence-electron chi connectivity index (χ0n) is 18.6. The van der Waals surface area contributed by atoms with Crippen LogP contribution in [0, 0.1) is 6.92 Å². The van der Waals surface area contributed by atoms with Crippen molar-refractivity contribution in [1.29, 1.82) is 0 Å². The summed E-state index contributed by atoms with van der Waals surface area (Å²) in [5.41, 5.74) is 8.26. The van der Waals surface area contributed by atoms with Gasteiger partial charge in [0.25, 0.3) is 0 Å². The molecule has 1 amide bonds. The van der Waals surface area contributed by atoms with E-state index in [1.807, 2.05) is 24.1 Å². The van der Waals surface area contributed by atoms with Crippen molar-refractivity contribution in [2.24, 2.45) is 0 Å². The molecule has 2 aliphatic heterocycles. The number of fused-ring (bicyclic) bond motifs is 5. The van der Waals surface area contributed by atoms with E-state index in [4.69, 9.17) is 9.47 Å². The SMILES string of the molecule is Cc1ccc(C2=CC3COCC(C2)N3C(=O)OCC2c3ccccc3-c3ccccc32)cn1. The topological polar surface area (TPSA) is 51.7 Å². The highest BCUT2D eigenvalue weighted by Crippen LogP contribution is 2.44. The van der Waals surface area contributed by atoms with Gasteiger partial charge in [-0.05, 0) is 52.8 Å². The van der Waals surface area contributed by atoms with Crippen molar-refractivity contribution in [3.8, 4) is 11.1 Å².